The van der Waals surface area contributed by atoms with Gasteiger partial charge in [-0.1, -0.05) is 67.1 Å². The zero-order chi connectivity index (χ0) is 16.8. The number of rotatable bonds is 6. The summed E-state index contributed by atoms with van der Waals surface area (Å²) in [7, 11) is 0. The van der Waals surface area contributed by atoms with Crippen LogP contribution < -0.4 is 0 Å². The molecule has 0 saturated carbocycles. The van der Waals surface area contributed by atoms with Crippen LogP contribution in [-0.2, 0) is 4.74 Å². The summed E-state index contributed by atoms with van der Waals surface area (Å²) in [6.07, 6.45) is 4.00. The number of piperidine rings is 1. The summed E-state index contributed by atoms with van der Waals surface area (Å²) in [6.45, 7) is 6.48. The van der Waals surface area contributed by atoms with E-state index in [1.807, 2.05) is 0 Å². The summed E-state index contributed by atoms with van der Waals surface area (Å²) in [6, 6.07) is 22.4. The Morgan fingerprint density at radius 1 is 0.875 bits per heavy atom. The lowest BCUT2D eigenvalue weighted by Crippen LogP contribution is -2.45. The topological polar surface area (TPSA) is 12.5 Å². The fraction of sp³-hybridized carbons (Fsp3) is 0.455. The average molecular weight is 323 g/mol. The molecular weight excluding hydrogens is 294 g/mol. The normalized spacial score (nSPS) is 22.0. The van der Waals surface area contributed by atoms with Gasteiger partial charge in [0.25, 0.3) is 0 Å². The molecule has 0 amide bonds. The van der Waals surface area contributed by atoms with Crippen LogP contribution in [0.5, 0.6) is 0 Å². The van der Waals surface area contributed by atoms with Crippen LogP contribution in [0, 0.1) is 0 Å². The van der Waals surface area contributed by atoms with Crippen LogP contribution in [0.15, 0.2) is 60.7 Å². The number of likely N-dealkylation sites (tertiary alicyclic amines) is 1. The highest BCUT2D eigenvalue weighted by Crippen LogP contribution is 2.27. The minimum absolute atomic E-state index is 0.0165. The average Bonchev–Trinajstić information content (AvgIpc) is 2.62. The summed E-state index contributed by atoms with van der Waals surface area (Å²) in [4.78, 5) is 2.61. The van der Waals surface area contributed by atoms with Crippen LogP contribution in [0.1, 0.15) is 50.3 Å². The number of hydrogen-bond acceptors (Lipinski definition) is 2. The molecule has 1 aliphatic rings. The Morgan fingerprint density at radius 2 is 1.38 bits per heavy atom. The van der Waals surface area contributed by atoms with E-state index < -0.39 is 0 Å². The third-order valence-electron chi connectivity index (χ3n) is 5.21. The number of hydrogen-bond donors (Lipinski definition) is 0. The summed E-state index contributed by atoms with van der Waals surface area (Å²) >= 11 is 0. The highest BCUT2D eigenvalue weighted by molar-refractivity contribution is 5.29. The lowest BCUT2D eigenvalue weighted by atomic mass is 9.98. The molecule has 1 fully saturated rings. The Balaban J connectivity index is 1.67. The Labute approximate surface area is 146 Å². The van der Waals surface area contributed by atoms with Crippen molar-refractivity contribution in [1.29, 1.82) is 0 Å². The second kappa shape index (κ2) is 8.46. The van der Waals surface area contributed by atoms with Crippen molar-refractivity contribution in [3.63, 3.8) is 0 Å². The molecule has 2 heteroatoms. The quantitative estimate of drug-likeness (QED) is 0.737. The van der Waals surface area contributed by atoms with E-state index >= 15 is 0 Å². The van der Waals surface area contributed by atoms with Gasteiger partial charge >= 0.3 is 0 Å². The van der Waals surface area contributed by atoms with Gasteiger partial charge < -0.3 is 4.74 Å². The molecule has 24 heavy (non-hydrogen) atoms. The van der Waals surface area contributed by atoms with Gasteiger partial charge in [-0.3, -0.25) is 4.90 Å². The van der Waals surface area contributed by atoms with E-state index in [4.69, 9.17) is 4.74 Å². The van der Waals surface area contributed by atoms with Crippen LogP contribution in [0.2, 0.25) is 0 Å². The van der Waals surface area contributed by atoms with Gasteiger partial charge in [0, 0.05) is 18.6 Å². The van der Waals surface area contributed by atoms with Crippen LogP contribution in [0.25, 0.3) is 0 Å². The Hall–Kier alpha value is -1.64. The third kappa shape index (κ3) is 4.25. The van der Waals surface area contributed by atoms with Crippen molar-refractivity contribution in [1.82, 2.24) is 4.90 Å². The van der Waals surface area contributed by atoms with E-state index in [0.29, 0.717) is 12.1 Å². The van der Waals surface area contributed by atoms with Gasteiger partial charge in [-0.05, 0) is 37.8 Å². The van der Waals surface area contributed by atoms with Crippen molar-refractivity contribution in [2.45, 2.75) is 51.3 Å². The van der Waals surface area contributed by atoms with Gasteiger partial charge in [-0.15, -0.1) is 0 Å². The Kier molecular flexibility index (Phi) is 6.06. The maximum atomic E-state index is 6.37. The van der Waals surface area contributed by atoms with Crippen molar-refractivity contribution >= 4 is 0 Å². The van der Waals surface area contributed by atoms with Gasteiger partial charge in [-0.25, -0.2) is 0 Å². The van der Waals surface area contributed by atoms with E-state index in [0.717, 1.165) is 13.2 Å². The molecule has 2 atom stereocenters. The summed E-state index contributed by atoms with van der Waals surface area (Å²) in [5, 5.41) is 0. The molecule has 0 bridgehead atoms. The highest BCUT2D eigenvalue weighted by Gasteiger charge is 2.24. The first-order valence-corrected chi connectivity index (χ1v) is 9.23. The highest BCUT2D eigenvalue weighted by atomic mass is 16.5. The monoisotopic (exact) mass is 323 g/mol. The van der Waals surface area contributed by atoms with Crippen LogP contribution in [-0.4, -0.2) is 30.1 Å². The molecule has 0 N–H and O–H groups in total. The minimum Gasteiger partial charge on any atom is -0.367 e. The summed E-state index contributed by atoms with van der Waals surface area (Å²) < 4.78 is 6.37. The van der Waals surface area contributed by atoms with E-state index in [9.17, 15) is 0 Å². The first-order valence-electron chi connectivity index (χ1n) is 9.23. The van der Waals surface area contributed by atoms with Crippen molar-refractivity contribution in [3.05, 3.63) is 71.8 Å². The van der Waals surface area contributed by atoms with Crippen molar-refractivity contribution in [3.8, 4) is 0 Å². The molecule has 0 unspecified atom stereocenters. The number of ether oxygens (including phenoxy) is 1. The molecule has 2 aromatic rings. The fourth-order valence-electron chi connectivity index (χ4n) is 3.83. The van der Waals surface area contributed by atoms with Crippen molar-refractivity contribution in [2.24, 2.45) is 0 Å². The maximum absolute atomic E-state index is 6.37. The zero-order valence-corrected chi connectivity index (χ0v) is 14.9. The predicted octanol–water partition coefficient (Wildman–Crippen LogP) is 5.06. The van der Waals surface area contributed by atoms with E-state index in [1.165, 1.54) is 30.4 Å². The molecule has 0 aromatic heterocycles. The molecule has 1 saturated heterocycles. The van der Waals surface area contributed by atoms with Crippen LogP contribution in [0.3, 0.4) is 0 Å². The van der Waals surface area contributed by atoms with Gasteiger partial charge in [0.1, 0.15) is 6.10 Å². The fourth-order valence-corrected chi connectivity index (χ4v) is 3.83. The number of nitrogens with zero attached hydrogens (tertiary/aromatic N) is 1. The van der Waals surface area contributed by atoms with Gasteiger partial charge in [0.15, 0.2) is 0 Å². The van der Waals surface area contributed by atoms with Crippen molar-refractivity contribution < 1.29 is 4.74 Å². The predicted molar refractivity (Wildman–Crippen MR) is 100 cm³/mol. The second-order valence-corrected chi connectivity index (χ2v) is 6.94. The first-order chi connectivity index (χ1) is 11.8. The Bertz CT molecular complexity index is 548. The molecule has 0 spiro atoms. The Morgan fingerprint density at radius 3 is 1.88 bits per heavy atom. The smallest absolute Gasteiger partial charge is 0.108 e. The van der Waals surface area contributed by atoms with E-state index in [-0.39, 0.29) is 6.10 Å². The standard InChI is InChI=1S/C22H29NO/c1-18-10-9-11-19(2)23(18)16-17-24-22(20-12-5-3-6-13-20)21-14-7-4-8-15-21/h3-8,12-15,18-19,22H,9-11,16-17H2,1-2H3/t18-,19+. The molecule has 1 heterocycles. The minimum atomic E-state index is 0.0165. The molecule has 128 valence electrons. The summed E-state index contributed by atoms with van der Waals surface area (Å²) in [5.41, 5.74) is 2.45. The number of benzene rings is 2. The molecule has 3 rings (SSSR count). The van der Waals surface area contributed by atoms with Crippen molar-refractivity contribution in [2.75, 3.05) is 13.2 Å². The molecule has 2 nitrogen and oxygen atoms in total. The zero-order valence-electron chi connectivity index (χ0n) is 14.9. The van der Waals surface area contributed by atoms with Gasteiger partial charge in [0.05, 0.1) is 6.61 Å². The molecular formula is C22H29NO. The maximum Gasteiger partial charge on any atom is 0.108 e. The van der Waals surface area contributed by atoms with Gasteiger partial charge in [0.2, 0.25) is 0 Å². The second-order valence-electron chi connectivity index (χ2n) is 6.94. The lowest BCUT2D eigenvalue weighted by molar-refractivity contribution is 0.0259. The van der Waals surface area contributed by atoms with E-state index in [2.05, 4.69) is 79.4 Å². The largest absolute Gasteiger partial charge is 0.367 e. The molecule has 2 aromatic carbocycles. The first kappa shape index (κ1) is 17.2. The molecule has 0 aliphatic carbocycles. The molecule has 1 aliphatic heterocycles. The third-order valence-corrected chi connectivity index (χ3v) is 5.21. The SMILES string of the molecule is C[C@@H]1CCC[C@H](C)N1CCOC(c1ccccc1)c1ccccc1. The lowest BCUT2D eigenvalue weighted by Gasteiger charge is -2.39. The van der Waals surface area contributed by atoms with E-state index in [1.54, 1.807) is 0 Å². The van der Waals surface area contributed by atoms with Crippen LogP contribution in [0.4, 0.5) is 0 Å². The molecule has 0 radical (unpaired) electrons. The summed E-state index contributed by atoms with van der Waals surface area (Å²) in [5.74, 6) is 0. The van der Waals surface area contributed by atoms with Crippen LogP contribution >= 0.6 is 0 Å². The van der Waals surface area contributed by atoms with Gasteiger partial charge in [-0.2, -0.15) is 0 Å².